The third-order valence-corrected chi connectivity index (χ3v) is 7.38. The number of aryl methyl sites for hydroxylation is 1. The van der Waals surface area contributed by atoms with Crippen LogP contribution in [0.4, 0.5) is 11.4 Å². The van der Waals surface area contributed by atoms with Crippen LogP contribution in [0.15, 0.2) is 82.6 Å². The number of hydrogen-bond acceptors (Lipinski definition) is 4. The van der Waals surface area contributed by atoms with Gasteiger partial charge >= 0.3 is 0 Å². The molecule has 0 saturated heterocycles. The van der Waals surface area contributed by atoms with Gasteiger partial charge in [-0.25, -0.2) is 8.42 Å². The van der Waals surface area contributed by atoms with Crippen molar-refractivity contribution in [3.05, 3.63) is 83.9 Å². The predicted octanol–water partition coefficient (Wildman–Crippen LogP) is 5.18. The van der Waals surface area contributed by atoms with Crippen molar-refractivity contribution in [3.8, 4) is 0 Å². The van der Waals surface area contributed by atoms with Crippen LogP contribution < -0.4 is 9.62 Å². The number of anilines is 2. The van der Waals surface area contributed by atoms with E-state index in [1.54, 1.807) is 67.2 Å². The average molecular weight is 441 g/mol. The van der Waals surface area contributed by atoms with Gasteiger partial charge in [-0.2, -0.15) is 0 Å². The number of thioether (sulfide) groups is 1. The lowest BCUT2D eigenvalue weighted by Gasteiger charge is -2.22. The summed E-state index contributed by atoms with van der Waals surface area (Å²) >= 11 is 1.66. The summed E-state index contributed by atoms with van der Waals surface area (Å²) in [4.78, 5) is 14.0. The molecule has 0 aliphatic carbocycles. The van der Waals surface area contributed by atoms with Crippen LogP contribution in [0.1, 0.15) is 22.8 Å². The molecule has 156 valence electrons. The molecule has 0 aliphatic rings. The van der Waals surface area contributed by atoms with E-state index in [1.165, 1.54) is 11.4 Å². The second kappa shape index (κ2) is 9.36. The van der Waals surface area contributed by atoms with Crippen molar-refractivity contribution >= 4 is 39.1 Å². The molecule has 0 radical (unpaired) electrons. The maximum absolute atomic E-state index is 12.9. The molecule has 5 nitrogen and oxygen atoms in total. The van der Waals surface area contributed by atoms with Gasteiger partial charge in [-0.1, -0.05) is 37.3 Å². The van der Waals surface area contributed by atoms with E-state index in [0.717, 1.165) is 16.3 Å². The fraction of sp³-hybridized carbons (Fsp3) is 0.174. The van der Waals surface area contributed by atoms with Crippen LogP contribution in [0.25, 0.3) is 0 Å². The van der Waals surface area contributed by atoms with Crippen molar-refractivity contribution in [1.29, 1.82) is 0 Å². The van der Waals surface area contributed by atoms with E-state index in [4.69, 9.17) is 0 Å². The molecule has 3 rings (SSSR count). The molecular weight excluding hydrogens is 416 g/mol. The molecule has 1 N–H and O–H groups in total. The highest BCUT2D eigenvalue weighted by Gasteiger charge is 2.22. The molecule has 3 aromatic carbocycles. The second-order valence-electron chi connectivity index (χ2n) is 6.67. The molecule has 0 saturated carbocycles. The molecule has 0 unspecified atom stereocenters. The summed E-state index contributed by atoms with van der Waals surface area (Å²) in [6, 6.07) is 21.0. The summed E-state index contributed by atoms with van der Waals surface area (Å²) in [5.74, 6) is 0.672. The normalized spacial score (nSPS) is 11.2. The molecule has 1 amide bonds. The first kappa shape index (κ1) is 21.9. The number of amides is 1. The molecule has 0 aliphatic heterocycles. The minimum Gasteiger partial charge on any atom is -0.321 e. The number of hydrogen-bond donors (Lipinski definition) is 1. The summed E-state index contributed by atoms with van der Waals surface area (Å²) in [5.41, 5.74) is 2.45. The quantitative estimate of drug-likeness (QED) is 0.514. The average Bonchev–Trinajstić information content (AvgIpc) is 2.75. The highest BCUT2D eigenvalue weighted by atomic mass is 32.2. The molecule has 0 heterocycles. The predicted molar refractivity (Wildman–Crippen MR) is 124 cm³/mol. The Labute approximate surface area is 182 Å². The maximum Gasteiger partial charge on any atom is 0.264 e. The van der Waals surface area contributed by atoms with E-state index in [9.17, 15) is 13.2 Å². The zero-order valence-electron chi connectivity index (χ0n) is 17.1. The number of nitrogens with zero attached hydrogens (tertiary/aromatic N) is 1. The molecule has 7 heteroatoms. The summed E-state index contributed by atoms with van der Waals surface area (Å²) < 4.78 is 27.0. The largest absolute Gasteiger partial charge is 0.321 e. The molecule has 30 heavy (non-hydrogen) atoms. The van der Waals surface area contributed by atoms with Crippen LogP contribution in [0, 0.1) is 6.92 Å². The topological polar surface area (TPSA) is 66.5 Å². The minimum atomic E-state index is -3.68. The van der Waals surface area contributed by atoms with Gasteiger partial charge in [-0.15, -0.1) is 11.8 Å². The van der Waals surface area contributed by atoms with Gasteiger partial charge in [0.1, 0.15) is 0 Å². The van der Waals surface area contributed by atoms with E-state index < -0.39 is 10.0 Å². The van der Waals surface area contributed by atoms with Crippen LogP contribution in [0.5, 0.6) is 0 Å². The Bertz CT molecular complexity index is 1150. The van der Waals surface area contributed by atoms with Crippen LogP contribution in [-0.4, -0.2) is 27.1 Å². The number of nitrogens with one attached hydrogen (secondary N) is 1. The maximum atomic E-state index is 12.9. The Morgan fingerprint density at radius 2 is 1.67 bits per heavy atom. The fourth-order valence-corrected chi connectivity index (χ4v) is 5.12. The van der Waals surface area contributed by atoms with Crippen molar-refractivity contribution in [1.82, 2.24) is 0 Å². The lowest BCUT2D eigenvalue weighted by molar-refractivity contribution is 0.102. The standard InChI is InChI=1S/C23H24N2O3S2/c1-4-29-22-13-9-8-12-20(22)24-23(26)18-14-15-21(17(2)16-18)25(3)30(27,28)19-10-6-5-7-11-19/h5-16H,4H2,1-3H3,(H,24,26). The van der Waals surface area contributed by atoms with Crippen molar-refractivity contribution < 1.29 is 13.2 Å². The van der Waals surface area contributed by atoms with Crippen LogP contribution in [0.2, 0.25) is 0 Å². The number of sulfonamides is 1. The lowest BCUT2D eigenvalue weighted by Crippen LogP contribution is -2.27. The van der Waals surface area contributed by atoms with Gasteiger partial charge in [0.15, 0.2) is 0 Å². The van der Waals surface area contributed by atoms with Crippen molar-refractivity contribution in [2.75, 3.05) is 22.4 Å². The first-order valence-corrected chi connectivity index (χ1v) is 11.9. The van der Waals surface area contributed by atoms with Gasteiger partial charge < -0.3 is 5.32 Å². The summed E-state index contributed by atoms with van der Waals surface area (Å²) in [7, 11) is -2.16. The van der Waals surface area contributed by atoms with E-state index in [0.29, 0.717) is 16.8 Å². The summed E-state index contributed by atoms with van der Waals surface area (Å²) in [5, 5.41) is 2.95. The molecule has 0 aromatic heterocycles. The van der Waals surface area contributed by atoms with Crippen LogP contribution in [0.3, 0.4) is 0 Å². The molecule has 0 fully saturated rings. The van der Waals surface area contributed by atoms with Crippen molar-refractivity contribution in [3.63, 3.8) is 0 Å². The van der Waals surface area contributed by atoms with E-state index in [2.05, 4.69) is 12.2 Å². The van der Waals surface area contributed by atoms with Crippen molar-refractivity contribution in [2.24, 2.45) is 0 Å². The van der Waals surface area contributed by atoms with Crippen molar-refractivity contribution in [2.45, 2.75) is 23.6 Å². The minimum absolute atomic E-state index is 0.221. The number of carbonyl (C=O) groups is 1. The zero-order valence-corrected chi connectivity index (χ0v) is 18.8. The Balaban J connectivity index is 1.84. The number of carbonyl (C=O) groups excluding carboxylic acids is 1. The summed E-state index contributed by atoms with van der Waals surface area (Å²) in [6.07, 6.45) is 0. The summed E-state index contributed by atoms with van der Waals surface area (Å²) in [6.45, 7) is 3.86. The molecule has 0 bridgehead atoms. The van der Waals surface area contributed by atoms with E-state index in [-0.39, 0.29) is 10.8 Å². The monoisotopic (exact) mass is 440 g/mol. The van der Waals surface area contributed by atoms with E-state index >= 15 is 0 Å². The Morgan fingerprint density at radius 1 is 1.00 bits per heavy atom. The van der Waals surface area contributed by atoms with Gasteiger partial charge in [0.05, 0.1) is 16.3 Å². The zero-order chi connectivity index (χ0) is 21.7. The number of para-hydroxylation sites is 1. The Kier molecular flexibility index (Phi) is 6.84. The van der Waals surface area contributed by atoms with Gasteiger partial charge in [0.2, 0.25) is 0 Å². The Morgan fingerprint density at radius 3 is 2.33 bits per heavy atom. The van der Waals surface area contributed by atoms with Gasteiger partial charge in [0, 0.05) is 17.5 Å². The molecule has 3 aromatic rings. The highest BCUT2D eigenvalue weighted by molar-refractivity contribution is 7.99. The molecule has 0 spiro atoms. The number of rotatable bonds is 7. The lowest BCUT2D eigenvalue weighted by atomic mass is 10.1. The molecular formula is C23H24N2O3S2. The fourth-order valence-electron chi connectivity index (χ4n) is 3.08. The third-order valence-electron chi connectivity index (χ3n) is 4.63. The van der Waals surface area contributed by atoms with Crippen LogP contribution >= 0.6 is 11.8 Å². The first-order chi connectivity index (χ1) is 14.3. The molecule has 0 atom stereocenters. The SMILES string of the molecule is CCSc1ccccc1NC(=O)c1ccc(N(C)S(=O)(=O)c2ccccc2)c(C)c1. The smallest absolute Gasteiger partial charge is 0.264 e. The van der Waals surface area contributed by atoms with Gasteiger partial charge in [0.25, 0.3) is 15.9 Å². The highest BCUT2D eigenvalue weighted by Crippen LogP contribution is 2.29. The van der Waals surface area contributed by atoms with E-state index in [1.807, 2.05) is 24.3 Å². The first-order valence-electron chi connectivity index (χ1n) is 9.52. The second-order valence-corrected chi connectivity index (χ2v) is 9.95. The van der Waals surface area contributed by atoms with Gasteiger partial charge in [-0.3, -0.25) is 9.10 Å². The third kappa shape index (κ3) is 4.68. The van der Waals surface area contributed by atoms with Crippen LogP contribution in [-0.2, 0) is 10.0 Å². The Hall–Kier alpha value is -2.77. The van der Waals surface area contributed by atoms with Gasteiger partial charge in [-0.05, 0) is 60.7 Å². The number of benzene rings is 3.